The Bertz CT molecular complexity index is 7990. The summed E-state index contributed by atoms with van der Waals surface area (Å²) in [5.41, 5.74) is 40.7. The molecule has 0 bridgehead atoms. The van der Waals surface area contributed by atoms with Crippen LogP contribution in [-0.2, 0) is 0 Å². The lowest BCUT2D eigenvalue weighted by Crippen LogP contribution is -2.77. The molecule has 0 spiro atoms. The van der Waals surface area contributed by atoms with E-state index >= 15 is 0 Å². The summed E-state index contributed by atoms with van der Waals surface area (Å²) in [6.45, 7) is 0. The van der Waals surface area contributed by atoms with Crippen molar-refractivity contribution < 1.29 is 0 Å². The molecule has 2 aliphatic heterocycles. The minimum absolute atomic E-state index is 1.08. The van der Waals surface area contributed by atoms with Crippen molar-refractivity contribution in [2.45, 2.75) is 0 Å². The summed E-state index contributed by atoms with van der Waals surface area (Å²) >= 11 is 0. The van der Waals surface area contributed by atoms with Crippen LogP contribution in [0, 0.1) is 0 Å². The second kappa shape index (κ2) is 39.6. The van der Waals surface area contributed by atoms with E-state index in [0.29, 0.717) is 0 Å². The maximum Gasteiger partial charge on any atom is 0.184 e. The molecule has 23 aromatic rings. The van der Waals surface area contributed by atoms with Gasteiger partial charge in [-0.2, -0.15) is 0 Å². The smallest absolute Gasteiger partial charge is 0.184 e. The molecule has 0 unspecified atom stereocenters. The van der Waals surface area contributed by atoms with E-state index < -0.39 is 8.07 Å². The quantitative estimate of drug-likeness (QED) is 0.0665. The van der Waals surface area contributed by atoms with Gasteiger partial charge in [-0.25, -0.2) is 0 Å². The molecule has 0 atom stereocenters. The lowest BCUT2D eigenvalue weighted by molar-refractivity contribution is 1.17. The minimum Gasteiger partial charge on any atom is -0.311 e. The Morgan fingerprint density at radius 3 is 0.521 bits per heavy atom. The van der Waals surface area contributed by atoms with E-state index in [-0.39, 0.29) is 0 Å². The molecule has 2 aliphatic rings. The number of anilines is 15. The highest BCUT2D eigenvalue weighted by Gasteiger charge is 2.49. The minimum atomic E-state index is -2.72. The highest BCUT2D eigenvalue weighted by Crippen LogP contribution is 2.55. The van der Waals surface area contributed by atoms with Gasteiger partial charge in [0, 0.05) is 62.6 Å². The molecule has 0 radical (unpaired) electrons. The molecule has 0 fully saturated rings. The molecule has 0 N–H and O–H groups in total. The van der Waals surface area contributed by atoms with Crippen LogP contribution in [-0.4, -0.2) is 8.07 Å². The second-order valence-electron chi connectivity index (χ2n) is 36.7. The van der Waals surface area contributed by atoms with Gasteiger partial charge in [-0.1, -0.05) is 455 Å². The first-order chi connectivity index (χ1) is 71.4. The zero-order valence-corrected chi connectivity index (χ0v) is 80.4. The second-order valence-corrected chi connectivity index (χ2v) is 40.4. The van der Waals surface area contributed by atoms with E-state index in [9.17, 15) is 0 Å². The molecule has 5 nitrogen and oxygen atoms in total. The SMILES string of the molecule is c1ccc(-c2ccc(-c3ccc(N(c4ccc(-c5ccc(-c6ccccc6)cc5)cc4)c4ccc(-c5cccc(N6c7ccccc7N(c7ccccc7)c7ccccc76)c5)cc4)cc3)cc2)cc1.c1ccc(-c2ccc(-c3ccc(N(c4ccc(-c5ccc(-c6ccccc6)cc5)cc4)c4ccc(-c5cccc(N6c7ccccc7[Si](c7ccccc7)(c7ccccc7)c7ccccc76)c5)cc4)cc3)cc2)cc1. The summed E-state index contributed by atoms with van der Waals surface area (Å²) in [5, 5.41) is 5.54. The van der Waals surface area contributed by atoms with Crippen molar-refractivity contribution in [2.24, 2.45) is 0 Å². The molecule has 6 heteroatoms. The molecule has 0 saturated carbocycles. The maximum atomic E-state index is 2.49. The van der Waals surface area contributed by atoms with Gasteiger partial charge in [0.05, 0.1) is 22.7 Å². The maximum absolute atomic E-state index is 2.72. The van der Waals surface area contributed by atoms with Crippen molar-refractivity contribution >= 4 is 114 Å². The number of hydrogen-bond donors (Lipinski definition) is 0. The predicted molar refractivity (Wildman–Crippen MR) is 611 cm³/mol. The largest absolute Gasteiger partial charge is 0.311 e. The molecular formula is C138H99N5Si. The molecular weight excluding hydrogens is 1760 g/mol. The Labute approximate surface area is 844 Å². The molecule has 0 saturated heterocycles. The van der Waals surface area contributed by atoms with Gasteiger partial charge in [-0.3, -0.25) is 0 Å². The van der Waals surface area contributed by atoms with Gasteiger partial charge in [0.15, 0.2) is 8.07 Å². The zero-order chi connectivity index (χ0) is 95.9. The van der Waals surface area contributed by atoms with Crippen molar-refractivity contribution in [1.29, 1.82) is 0 Å². The number of rotatable bonds is 21. The first-order valence-electron chi connectivity index (χ1n) is 49.4. The average molecular weight is 1860 g/mol. The summed E-state index contributed by atoms with van der Waals surface area (Å²) in [4.78, 5) is 12.0. The standard InChI is InChI=1S/C72H52N2Si.C66H47N3/c1-5-18-53(19-6-1)55-32-36-57(37-33-55)59-40-46-63(47-41-59)73(64-48-42-60(43-49-64)58-38-34-56(35-39-58)54-20-7-2-8-21-54)65-50-44-61(45-51-65)62-22-17-23-66(52-62)74-69-28-13-15-30-71(69)75(67-24-9-3-10-25-67,68-26-11-4-12-27-68)72-31-16-14-29-70(72)74;1-4-15-48(16-5-1)50-27-31-52(32-28-50)54-35-41-59(42-36-54)67(60-43-37-55(38-44-60)53-33-29-51(30-34-53)49-17-6-2-7-18-49)61-45-39-56(40-46-61)57-19-14-22-62(47-57)69-65-25-12-10-23-63(65)68(58-20-8-3-9-21-58)64-24-11-13-26-66(64)69/h1-52H;1-47H. The molecule has 23 aromatic carbocycles. The van der Waals surface area contributed by atoms with Crippen molar-refractivity contribution in [3.8, 4) is 111 Å². The van der Waals surface area contributed by atoms with Gasteiger partial charge in [0.1, 0.15) is 0 Å². The van der Waals surface area contributed by atoms with Crippen LogP contribution in [0.5, 0.6) is 0 Å². The molecule has 144 heavy (non-hydrogen) atoms. The fourth-order valence-electron chi connectivity index (χ4n) is 21.1. The lowest BCUT2D eigenvalue weighted by atomic mass is 9.99. The predicted octanol–water partition coefficient (Wildman–Crippen LogP) is 35.4. The van der Waals surface area contributed by atoms with Gasteiger partial charge in [0.25, 0.3) is 0 Å². The summed E-state index contributed by atoms with van der Waals surface area (Å²) in [7, 11) is -2.72. The Balaban J connectivity index is 0.000000155. The highest BCUT2D eigenvalue weighted by molar-refractivity contribution is 7.21. The first-order valence-corrected chi connectivity index (χ1v) is 51.4. The molecule has 2 heterocycles. The molecule has 0 amide bonds. The number of fused-ring (bicyclic) bond motifs is 4. The van der Waals surface area contributed by atoms with Gasteiger partial charge < -0.3 is 24.5 Å². The van der Waals surface area contributed by atoms with Gasteiger partial charge in [-0.05, 0) is 278 Å². The number of hydrogen-bond acceptors (Lipinski definition) is 5. The average Bonchev–Trinajstić information content (AvgIpc) is 0.693. The Morgan fingerprint density at radius 1 is 0.118 bits per heavy atom. The van der Waals surface area contributed by atoms with E-state index in [1.807, 2.05) is 0 Å². The monoisotopic (exact) mass is 1850 g/mol. The molecule has 680 valence electrons. The molecule has 0 aliphatic carbocycles. The van der Waals surface area contributed by atoms with E-state index in [0.717, 1.165) is 96.2 Å². The number of benzene rings is 23. The summed E-state index contributed by atoms with van der Waals surface area (Å²) in [6.07, 6.45) is 0. The van der Waals surface area contributed by atoms with Gasteiger partial charge in [0.2, 0.25) is 0 Å². The fourth-order valence-corrected chi connectivity index (χ4v) is 26.2. The third kappa shape index (κ3) is 17.4. The van der Waals surface area contributed by atoms with Crippen molar-refractivity contribution in [1.82, 2.24) is 0 Å². The van der Waals surface area contributed by atoms with Gasteiger partial charge in [-0.15, -0.1) is 0 Å². The normalized spacial score (nSPS) is 12.0. The number of nitrogens with zero attached hydrogens (tertiary/aromatic N) is 5. The first kappa shape index (κ1) is 88.0. The zero-order valence-electron chi connectivity index (χ0n) is 79.4. The fraction of sp³-hybridized carbons (Fsp3) is 0. The van der Waals surface area contributed by atoms with E-state index in [1.165, 1.54) is 121 Å². The van der Waals surface area contributed by atoms with E-state index in [1.54, 1.807) is 0 Å². The Morgan fingerprint density at radius 2 is 0.278 bits per heavy atom. The van der Waals surface area contributed by atoms with Crippen LogP contribution >= 0.6 is 0 Å². The van der Waals surface area contributed by atoms with E-state index in [4.69, 9.17) is 0 Å². The number of para-hydroxylation sites is 7. The summed E-state index contributed by atoms with van der Waals surface area (Å²) in [6, 6.07) is 218. The van der Waals surface area contributed by atoms with Crippen LogP contribution in [0.3, 0.4) is 0 Å². The summed E-state index contributed by atoms with van der Waals surface area (Å²) < 4.78 is 0. The van der Waals surface area contributed by atoms with E-state index in [2.05, 4.69) is 625 Å². The topological polar surface area (TPSA) is 16.2 Å². The Kier molecular flexibility index (Phi) is 24.2. The third-order valence-electron chi connectivity index (χ3n) is 28.2. The van der Waals surface area contributed by atoms with Crippen LogP contribution in [0.2, 0.25) is 0 Å². The van der Waals surface area contributed by atoms with Crippen LogP contribution in [0.4, 0.5) is 85.3 Å². The summed E-state index contributed by atoms with van der Waals surface area (Å²) in [5.74, 6) is 0. The van der Waals surface area contributed by atoms with Crippen molar-refractivity contribution in [3.63, 3.8) is 0 Å². The van der Waals surface area contributed by atoms with Gasteiger partial charge >= 0.3 is 0 Å². The van der Waals surface area contributed by atoms with Crippen LogP contribution in [0.1, 0.15) is 0 Å². The van der Waals surface area contributed by atoms with Crippen molar-refractivity contribution in [3.05, 3.63) is 601 Å². The third-order valence-corrected chi connectivity index (χ3v) is 33.0. The van der Waals surface area contributed by atoms with Crippen LogP contribution < -0.4 is 45.2 Å². The lowest BCUT2D eigenvalue weighted by Gasteiger charge is -2.45. The molecule has 0 aromatic heterocycles. The molecule has 25 rings (SSSR count). The van der Waals surface area contributed by atoms with Crippen molar-refractivity contribution in [2.75, 3.05) is 24.5 Å². The van der Waals surface area contributed by atoms with Crippen LogP contribution in [0.15, 0.2) is 601 Å². The van der Waals surface area contributed by atoms with Crippen LogP contribution in [0.25, 0.3) is 111 Å². The highest BCUT2D eigenvalue weighted by atomic mass is 28.3. The Hall–Kier alpha value is -18.7.